The van der Waals surface area contributed by atoms with E-state index in [-0.39, 0.29) is 106 Å². The molecule has 3 aliphatic rings. The number of benzene rings is 5. The van der Waals surface area contributed by atoms with Gasteiger partial charge in [-0.25, -0.2) is 17.6 Å². The number of aliphatic carboxylic acids is 2. The number of nitrogens with zero attached hydrogens (tertiary/aromatic N) is 5. The van der Waals surface area contributed by atoms with Crippen molar-refractivity contribution in [2.45, 2.75) is 215 Å². The van der Waals surface area contributed by atoms with Gasteiger partial charge < -0.3 is 104 Å². The van der Waals surface area contributed by atoms with E-state index in [1.54, 1.807) is 37.3 Å². The number of phenols is 2. The Bertz CT molecular complexity index is 4970. The molecule has 5 aromatic rings. The molecule has 133 heavy (non-hydrogen) atoms. The van der Waals surface area contributed by atoms with Crippen LogP contribution in [0.5, 0.6) is 11.5 Å². The first-order chi connectivity index (χ1) is 63.2. The van der Waals surface area contributed by atoms with Crippen molar-refractivity contribution in [3.8, 4) is 11.5 Å². The van der Waals surface area contributed by atoms with Gasteiger partial charge in [0.15, 0.2) is 17.5 Å². The van der Waals surface area contributed by atoms with Gasteiger partial charge in [0.05, 0.1) is 18.7 Å². The number of carbonyl (C=O) groups is 17. The molecule has 720 valence electrons. The van der Waals surface area contributed by atoms with Gasteiger partial charge in [0.25, 0.3) is 0 Å². The first-order valence-corrected chi connectivity index (χ1v) is 44.9. The number of likely N-dealkylation sites (N-methyl/N-ethyl adjacent to an activating group) is 3. The van der Waals surface area contributed by atoms with Crippen LogP contribution in [0.1, 0.15) is 132 Å². The summed E-state index contributed by atoms with van der Waals surface area (Å²) in [6, 6.07) is 2.75. The Balaban J connectivity index is 1.24. The summed E-state index contributed by atoms with van der Waals surface area (Å²) in [5.74, 6) is -27.5. The van der Waals surface area contributed by atoms with E-state index in [4.69, 9.17) is 11.5 Å². The number of aromatic hydroxyl groups is 2. The average Bonchev–Trinajstić information content (AvgIpc) is 1.31. The van der Waals surface area contributed by atoms with Crippen LogP contribution in [0.15, 0.2) is 115 Å². The molecule has 13 atom stereocenters. The number of carbonyl (C=O) groups excluding carboxylic acids is 15. The van der Waals surface area contributed by atoms with Crippen LogP contribution >= 0.6 is 11.8 Å². The number of phenolic OH excluding ortho intramolecular Hbond substituents is 2. The summed E-state index contributed by atoms with van der Waals surface area (Å²) in [6.07, 6.45) is -4.18. The van der Waals surface area contributed by atoms with Crippen molar-refractivity contribution in [2.24, 2.45) is 17.4 Å². The summed E-state index contributed by atoms with van der Waals surface area (Å²) in [4.78, 5) is 254. The van der Waals surface area contributed by atoms with E-state index in [1.165, 1.54) is 88.6 Å². The van der Waals surface area contributed by atoms with Crippen molar-refractivity contribution in [1.29, 1.82) is 0 Å². The number of hydrogen-bond donors (Lipinski definition) is 15. The highest BCUT2D eigenvalue weighted by Crippen LogP contribution is 2.28. The third-order valence-electron chi connectivity index (χ3n) is 23.2. The molecule has 0 aliphatic carbocycles. The third kappa shape index (κ3) is 30.6. The molecule has 17 N–H and O–H groups in total. The second kappa shape index (κ2) is 50.4. The summed E-state index contributed by atoms with van der Waals surface area (Å²) in [6.45, 7) is 3.57. The van der Waals surface area contributed by atoms with Crippen LogP contribution in [-0.4, -0.2) is 283 Å². The summed E-state index contributed by atoms with van der Waals surface area (Å²) in [5.41, 5.74) is 12.2. The number of primary amides is 1. The molecule has 8 rings (SSSR count). The number of halogens is 4. The van der Waals surface area contributed by atoms with Gasteiger partial charge in [-0.15, -0.1) is 11.8 Å². The van der Waals surface area contributed by atoms with Gasteiger partial charge in [-0.05, 0) is 147 Å². The molecule has 15 amide bonds. The largest absolute Gasteiger partial charge is 0.508 e. The Morgan fingerprint density at radius 2 is 0.962 bits per heavy atom. The van der Waals surface area contributed by atoms with E-state index in [2.05, 4.69) is 47.9 Å². The van der Waals surface area contributed by atoms with Gasteiger partial charge in [0.2, 0.25) is 88.6 Å². The lowest BCUT2D eigenvalue weighted by molar-refractivity contribution is -0.152. The van der Waals surface area contributed by atoms with Crippen molar-refractivity contribution in [2.75, 3.05) is 58.8 Å². The molecule has 0 radical (unpaired) electrons. The van der Waals surface area contributed by atoms with Crippen LogP contribution in [0.4, 0.5) is 17.6 Å². The van der Waals surface area contributed by atoms with E-state index in [9.17, 15) is 67.6 Å². The van der Waals surface area contributed by atoms with Gasteiger partial charge >= 0.3 is 11.9 Å². The fourth-order valence-electron chi connectivity index (χ4n) is 15.9. The Hall–Kier alpha value is -13.3. The lowest BCUT2D eigenvalue weighted by atomic mass is 9.96. The molecular weight excluding hydrogens is 1760 g/mol. The normalized spacial score (nSPS) is 23.6. The average molecular weight is 1880 g/mol. The number of hydrogen-bond acceptors (Lipinski definition) is 21. The molecule has 0 spiro atoms. The van der Waals surface area contributed by atoms with E-state index in [0.29, 0.717) is 47.9 Å². The van der Waals surface area contributed by atoms with Crippen LogP contribution in [0.3, 0.4) is 0 Å². The van der Waals surface area contributed by atoms with Gasteiger partial charge in [-0.3, -0.25) is 81.5 Å². The topological polar surface area (TPSA) is 548 Å². The minimum absolute atomic E-state index is 0.0213. The van der Waals surface area contributed by atoms with Crippen molar-refractivity contribution in [3.63, 3.8) is 0 Å². The third-order valence-corrected chi connectivity index (χ3v) is 24.3. The number of carboxylic acid groups (broad SMARTS) is 2. The molecule has 0 bridgehead atoms. The number of unbranched alkanes of at least 4 members (excludes halogenated alkanes) is 1. The van der Waals surface area contributed by atoms with Crippen LogP contribution in [-0.2, 0) is 114 Å². The predicted molar refractivity (Wildman–Crippen MR) is 474 cm³/mol. The predicted octanol–water partition coefficient (Wildman–Crippen LogP) is 1.17. The number of piperidine rings is 1. The van der Waals surface area contributed by atoms with Gasteiger partial charge in [-0.2, -0.15) is 0 Å². The Morgan fingerprint density at radius 1 is 0.481 bits per heavy atom. The highest BCUT2D eigenvalue weighted by Gasteiger charge is 2.46. The minimum atomic E-state index is -1.99. The molecule has 3 fully saturated rings. The van der Waals surface area contributed by atoms with E-state index in [1.807, 2.05) is 0 Å². The lowest BCUT2D eigenvalue weighted by Gasteiger charge is -2.38. The fourth-order valence-corrected chi connectivity index (χ4v) is 16.7. The maximum atomic E-state index is 15.7. The molecule has 42 heteroatoms. The minimum Gasteiger partial charge on any atom is -0.508 e. The summed E-state index contributed by atoms with van der Waals surface area (Å²) in [7, 11) is 3.57. The molecule has 5 aromatic carbocycles. The number of nitrogens with one attached hydrogen (secondary N) is 9. The molecule has 0 saturated carbocycles. The number of amides is 15. The fraction of sp³-hybridized carbons (Fsp3) is 0.484. The first kappa shape index (κ1) is 105. The lowest BCUT2D eigenvalue weighted by Crippen LogP contribution is -2.63. The molecule has 3 saturated heterocycles. The zero-order valence-electron chi connectivity index (χ0n) is 74.6. The SMILES string of the molecule is CCCC[C@H]1C(=O)N2CCC[C@@H]2C(=O)N[C@@H](CC(=O)O)C(=O)N[C@H](C(C)C)C(=O)N(C)[C@@H](Cc2ccccc2)C(=O)N[C@@H](Cc2ccc(O)cc2)C(=O)N2CCCC[C@@H]2C(=O)N[C@H](CCC(=O)O)C(=O)N[C@H](Cc2ccc(O)cc2)C(=O)N[C@@H](CCCN)C(=O)N[C@H](C(=O)NCC(N)=O)CSCC(=O)N[C@@H](Cc2cc(F)c(F)c(F)c2)C(=O)N(C)[C@@H](Cc2ccc(F)cc2)C(=O)N1C. The van der Waals surface area contributed by atoms with E-state index >= 15 is 51.9 Å². The Kier molecular flexibility index (Phi) is 39.8. The maximum absolute atomic E-state index is 15.7. The van der Waals surface area contributed by atoms with Crippen LogP contribution in [0, 0.1) is 29.2 Å². The maximum Gasteiger partial charge on any atom is 0.305 e. The quantitative estimate of drug-likeness (QED) is 0.0288. The molecular formula is C91H116F4N16O21S. The monoisotopic (exact) mass is 1880 g/mol. The number of rotatable bonds is 25. The van der Waals surface area contributed by atoms with Crippen molar-refractivity contribution in [3.05, 3.63) is 166 Å². The second-order valence-corrected chi connectivity index (χ2v) is 34.5. The van der Waals surface area contributed by atoms with E-state index < -0.39 is 270 Å². The van der Waals surface area contributed by atoms with Crippen LogP contribution in [0.25, 0.3) is 0 Å². The molecule has 3 heterocycles. The first-order valence-electron chi connectivity index (χ1n) is 43.7. The van der Waals surface area contributed by atoms with Gasteiger partial charge in [0, 0.05) is 78.5 Å². The Morgan fingerprint density at radius 3 is 1.55 bits per heavy atom. The summed E-state index contributed by atoms with van der Waals surface area (Å²) < 4.78 is 59.7. The van der Waals surface area contributed by atoms with Gasteiger partial charge in [0.1, 0.15) is 95.9 Å². The number of fused-ring (bicyclic) bond motifs is 2. The highest BCUT2D eigenvalue weighted by atomic mass is 32.2. The zero-order chi connectivity index (χ0) is 97.6. The zero-order valence-corrected chi connectivity index (χ0v) is 75.4. The number of carboxylic acids is 2. The van der Waals surface area contributed by atoms with Crippen molar-refractivity contribution >= 4 is 112 Å². The second-order valence-electron chi connectivity index (χ2n) is 33.5. The highest BCUT2D eigenvalue weighted by molar-refractivity contribution is 8.00. The standard InChI is InChI=1S/C91H116F4N16O21S/c1-7-8-19-70-90(131)111-38-15-21-69(111)85(126)103-64(46-76(118)119)83(124)106-78(50(2)3)91(132)108(5)71(44-51-16-10-9-11-17-51)86(127)104-66(42-53-26-32-58(113)33-27-53)88(129)110-37-13-12-20-68(110)84(125)101-62(34-35-75(116)117)81(122)102-63(41-52-24-30-57(112)31-25-52)82(123)100-61(18-14-36-96)80(121)105-67(79(120)98-47-73(97)114)48-133-49-74(115)99-65(43-55-39-59(93)77(95)60(94)40-55)87(128)109(6)72(89(130)107(70)4)45-54-22-28-56(92)29-23-54/h9-11,16-17,22-33,39-40,50,61-72,78,112-113H,7-8,12-15,18-21,34-38,41-49,96H2,1-6H3,(H2,97,114)(H,98,120)(H,99,115)(H,100,123)(H,101,125)(H,102,122)(H,103,126)(H,104,127)(H,105,121)(H,106,124)(H,116,117)(H,118,119)/t61-,62+,63+,64-,65-,66-,67-,68+,69+,70-,71-,72-,78+/m0/s1. The smallest absolute Gasteiger partial charge is 0.305 e. The molecule has 37 nitrogen and oxygen atoms in total. The van der Waals surface area contributed by atoms with Crippen LogP contribution < -0.4 is 59.3 Å². The molecule has 0 unspecified atom stereocenters. The molecule has 3 aliphatic heterocycles. The Labute approximate surface area is 769 Å². The molecule has 0 aromatic heterocycles. The number of nitrogens with two attached hydrogens (primary N) is 2. The van der Waals surface area contributed by atoms with Crippen LogP contribution in [0.2, 0.25) is 0 Å². The van der Waals surface area contributed by atoms with E-state index in [0.717, 1.165) is 43.7 Å². The van der Waals surface area contributed by atoms with Crippen molar-refractivity contribution in [1.82, 2.24) is 72.4 Å². The van der Waals surface area contributed by atoms with Crippen molar-refractivity contribution < 1.29 is 119 Å². The summed E-state index contributed by atoms with van der Waals surface area (Å²) in [5, 5.41) is 63.9. The summed E-state index contributed by atoms with van der Waals surface area (Å²) >= 11 is 0.602. The number of thioether (sulfide) groups is 1. The van der Waals surface area contributed by atoms with Gasteiger partial charge in [-0.1, -0.05) is 100 Å².